The van der Waals surface area contributed by atoms with Crippen molar-refractivity contribution in [3.05, 3.63) is 84.4 Å². The maximum absolute atomic E-state index is 13.1. The summed E-state index contributed by atoms with van der Waals surface area (Å²) < 4.78 is 5.88. The van der Waals surface area contributed by atoms with E-state index in [0.717, 1.165) is 30.9 Å². The van der Waals surface area contributed by atoms with Gasteiger partial charge < -0.3 is 10.1 Å². The van der Waals surface area contributed by atoms with Gasteiger partial charge >= 0.3 is 0 Å². The Bertz CT molecular complexity index is 1010. The summed E-state index contributed by atoms with van der Waals surface area (Å²) in [5.74, 6) is 1.49. The summed E-state index contributed by atoms with van der Waals surface area (Å²) in [5.41, 5.74) is 1.46. The number of likely N-dealkylation sites (tertiary alicyclic amines) is 1. The fraction of sp³-hybridized carbons (Fsp3) is 0.240. The summed E-state index contributed by atoms with van der Waals surface area (Å²) in [6.07, 6.45) is 2.92. The number of nitrogens with zero attached hydrogens (tertiary/aromatic N) is 1. The summed E-state index contributed by atoms with van der Waals surface area (Å²) in [5, 5.41) is 3.08. The third kappa shape index (κ3) is 4.53. The van der Waals surface area contributed by atoms with E-state index >= 15 is 0 Å². The second-order valence-electron chi connectivity index (χ2n) is 7.69. The van der Waals surface area contributed by atoms with E-state index < -0.39 is 5.54 Å². The van der Waals surface area contributed by atoms with Gasteiger partial charge in [0.2, 0.25) is 5.91 Å². The number of thioether (sulfide) groups is 1. The van der Waals surface area contributed by atoms with E-state index in [1.54, 1.807) is 11.8 Å². The maximum Gasteiger partial charge on any atom is 0.244 e. The number of rotatable bonds is 7. The van der Waals surface area contributed by atoms with Crippen LogP contribution in [0.1, 0.15) is 18.9 Å². The summed E-state index contributed by atoms with van der Waals surface area (Å²) >= 11 is 1.74. The summed E-state index contributed by atoms with van der Waals surface area (Å²) in [7, 11) is 0. The Balaban J connectivity index is 1.40. The summed E-state index contributed by atoms with van der Waals surface area (Å²) in [6, 6.07) is 25.7. The molecule has 0 saturated carbocycles. The largest absolute Gasteiger partial charge is 0.457 e. The molecule has 3 aromatic carbocycles. The van der Waals surface area contributed by atoms with Gasteiger partial charge in [-0.1, -0.05) is 36.4 Å². The lowest BCUT2D eigenvalue weighted by Crippen LogP contribution is -2.63. The minimum atomic E-state index is -0.505. The van der Waals surface area contributed by atoms with Crippen LogP contribution < -0.4 is 10.1 Å². The van der Waals surface area contributed by atoms with Crippen LogP contribution >= 0.6 is 11.8 Å². The lowest BCUT2D eigenvalue weighted by atomic mass is 9.85. The standard InChI is InChI=1S/C25H26N2O2S/c1-25(15-16-27(25)18-19-11-13-23(30-2)14-12-19)24(28)26-20-7-6-10-22(17-20)29-21-8-4-3-5-9-21/h3-14,17H,15-16,18H2,1-2H3,(H,26,28). The van der Waals surface area contributed by atoms with Gasteiger partial charge in [-0.25, -0.2) is 0 Å². The van der Waals surface area contributed by atoms with E-state index in [1.165, 1.54) is 10.5 Å². The summed E-state index contributed by atoms with van der Waals surface area (Å²) in [4.78, 5) is 16.6. The van der Waals surface area contributed by atoms with E-state index in [1.807, 2.05) is 61.5 Å². The third-order valence-electron chi connectivity index (χ3n) is 5.66. The molecule has 30 heavy (non-hydrogen) atoms. The van der Waals surface area contributed by atoms with Crippen LogP contribution in [0.5, 0.6) is 11.5 Å². The van der Waals surface area contributed by atoms with Crippen LogP contribution in [0.4, 0.5) is 5.69 Å². The Morgan fingerprint density at radius 3 is 2.43 bits per heavy atom. The lowest BCUT2D eigenvalue weighted by molar-refractivity contribution is -0.136. The van der Waals surface area contributed by atoms with E-state index in [9.17, 15) is 4.79 Å². The molecule has 3 aromatic rings. The molecule has 0 aliphatic carbocycles. The first-order chi connectivity index (χ1) is 14.6. The average Bonchev–Trinajstić information content (AvgIpc) is 2.77. The highest BCUT2D eigenvalue weighted by molar-refractivity contribution is 7.98. The topological polar surface area (TPSA) is 41.6 Å². The van der Waals surface area contributed by atoms with Gasteiger partial charge in [-0.2, -0.15) is 0 Å². The van der Waals surface area contributed by atoms with Crippen LogP contribution in [0.3, 0.4) is 0 Å². The molecule has 1 fully saturated rings. The third-order valence-corrected chi connectivity index (χ3v) is 6.40. The van der Waals surface area contributed by atoms with E-state index in [0.29, 0.717) is 5.75 Å². The molecule has 0 spiro atoms. The smallest absolute Gasteiger partial charge is 0.244 e. The molecule has 1 N–H and O–H groups in total. The molecular weight excluding hydrogens is 392 g/mol. The second kappa shape index (κ2) is 8.94. The van der Waals surface area contributed by atoms with Gasteiger partial charge in [0.1, 0.15) is 11.5 Å². The number of para-hydroxylation sites is 1. The number of carbonyl (C=O) groups is 1. The first-order valence-electron chi connectivity index (χ1n) is 10.1. The minimum absolute atomic E-state index is 0.0198. The van der Waals surface area contributed by atoms with Gasteiger partial charge in [-0.3, -0.25) is 9.69 Å². The zero-order valence-corrected chi connectivity index (χ0v) is 18.1. The molecule has 1 aliphatic rings. The number of carbonyl (C=O) groups excluding carboxylic acids is 1. The van der Waals surface area contributed by atoms with Crippen LogP contribution in [0.25, 0.3) is 0 Å². The highest BCUT2D eigenvalue weighted by atomic mass is 32.2. The van der Waals surface area contributed by atoms with E-state index in [2.05, 4.69) is 40.7 Å². The van der Waals surface area contributed by atoms with Crippen molar-refractivity contribution >= 4 is 23.4 Å². The van der Waals surface area contributed by atoms with Crippen LogP contribution in [0.2, 0.25) is 0 Å². The molecule has 0 bridgehead atoms. The molecule has 154 valence electrons. The van der Waals surface area contributed by atoms with Crippen molar-refractivity contribution in [1.29, 1.82) is 0 Å². The molecule has 0 radical (unpaired) electrons. The molecule has 1 heterocycles. The lowest BCUT2D eigenvalue weighted by Gasteiger charge is -2.49. The fourth-order valence-corrected chi connectivity index (χ4v) is 4.00. The molecule has 1 atom stereocenters. The molecule has 4 rings (SSSR count). The highest BCUT2D eigenvalue weighted by Gasteiger charge is 2.46. The van der Waals surface area contributed by atoms with Gasteiger partial charge in [-0.15, -0.1) is 11.8 Å². The SMILES string of the molecule is CSc1ccc(CN2CCC2(C)C(=O)Nc2cccc(Oc3ccccc3)c2)cc1. The number of nitrogens with one attached hydrogen (secondary N) is 1. The molecule has 4 nitrogen and oxygen atoms in total. The number of hydrogen-bond donors (Lipinski definition) is 1. The van der Waals surface area contributed by atoms with Gasteiger partial charge in [0.15, 0.2) is 0 Å². The molecule has 1 amide bonds. The fourth-order valence-electron chi connectivity index (χ4n) is 3.60. The monoisotopic (exact) mass is 418 g/mol. The number of hydrogen-bond acceptors (Lipinski definition) is 4. The van der Waals surface area contributed by atoms with Crippen molar-refractivity contribution in [3.63, 3.8) is 0 Å². The zero-order valence-electron chi connectivity index (χ0n) is 17.3. The van der Waals surface area contributed by atoms with Gasteiger partial charge in [0.05, 0.1) is 5.54 Å². The Morgan fingerprint density at radius 2 is 1.77 bits per heavy atom. The molecule has 1 unspecified atom stereocenters. The predicted octanol–water partition coefficient (Wildman–Crippen LogP) is 5.80. The molecule has 1 aliphatic heterocycles. The van der Waals surface area contributed by atoms with E-state index in [-0.39, 0.29) is 5.91 Å². The molecular formula is C25H26N2O2S. The number of ether oxygens (including phenoxy) is 1. The maximum atomic E-state index is 13.1. The molecule has 1 saturated heterocycles. The van der Waals surface area contributed by atoms with Crippen molar-refractivity contribution in [2.24, 2.45) is 0 Å². The molecule has 0 aromatic heterocycles. The quantitative estimate of drug-likeness (QED) is 0.492. The van der Waals surface area contributed by atoms with Gasteiger partial charge in [0.25, 0.3) is 0 Å². The first kappa shape index (κ1) is 20.5. The van der Waals surface area contributed by atoms with Crippen LogP contribution in [-0.2, 0) is 11.3 Å². The Kier molecular flexibility index (Phi) is 6.11. The van der Waals surface area contributed by atoms with Crippen LogP contribution in [0.15, 0.2) is 83.8 Å². The van der Waals surface area contributed by atoms with Crippen molar-refractivity contribution in [1.82, 2.24) is 4.90 Å². The number of benzene rings is 3. The highest BCUT2D eigenvalue weighted by Crippen LogP contribution is 2.34. The van der Waals surface area contributed by atoms with E-state index in [4.69, 9.17) is 4.74 Å². The molecule has 5 heteroatoms. The number of amides is 1. The van der Waals surface area contributed by atoms with Crippen molar-refractivity contribution in [3.8, 4) is 11.5 Å². The summed E-state index contributed by atoms with van der Waals surface area (Å²) in [6.45, 7) is 3.72. The first-order valence-corrected chi connectivity index (χ1v) is 11.3. The van der Waals surface area contributed by atoms with Crippen LogP contribution in [-0.4, -0.2) is 29.1 Å². The Morgan fingerprint density at radius 1 is 1.03 bits per heavy atom. The Labute approximate surface area is 182 Å². The van der Waals surface area contributed by atoms with Gasteiger partial charge in [0, 0.05) is 29.7 Å². The van der Waals surface area contributed by atoms with Crippen molar-refractivity contribution in [2.75, 3.05) is 18.1 Å². The predicted molar refractivity (Wildman–Crippen MR) is 123 cm³/mol. The minimum Gasteiger partial charge on any atom is -0.457 e. The second-order valence-corrected chi connectivity index (χ2v) is 8.57. The van der Waals surface area contributed by atoms with Crippen LogP contribution in [0, 0.1) is 0 Å². The van der Waals surface area contributed by atoms with Gasteiger partial charge in [-0.05, 0) is 61.6 Å². The van der Waals surface area contributed by atoms with Crippen molar-refractivity contribution < 1.29 is 9.53 Å². The average molecular weight is 419 g/mol. The van der Waals surface area contributed by atoms with Crippen molar-refractivity contribution in [2.45, 2.75) is 30.3 Å². The number of anilines is 1. The normalized spacial score (nSPS) is 18.5. The zero-order chi connectivity index (χ0) is 21.0. The Hall–Kier alpha value is -2.76.